The van der Waals surface area contributed by atoms with Crippen molar-refractivity contribution in [3.63, 3.8) is 0 Å². The molecule has 2 fully saturated rings. The van der Waals surface area contributed by atoms with Gasteiger partial charge in [0.25, 0.3) is 0 Å². The van der Waals surface area contributed by atoms with E-state index in [-0.39, 0.29) is 10.8 Å². The summed E-state index contributed by atoms with van der Waals surface area (Å²) in [5.41, 5.74) is 3.32. The van der Waals surface area contributed by atoms with Crippen LogP contribution in [0.3, 0.4) is 0 Å². The smallest absolute Gasteiger partial charge is 0.139 e. The van der Waals surface area contributed by atoms with Crippen LogP contribution in [0.1, 0.15) is 56.6 Å². The van der Waals surface area contributed by atoms with Gasteiger partial charge in [0.2, 0.25) is 0 Å². The van der Waals surface area contributed by atoms with E-state index in [1.54, 1.807) is 7.11 Å². The minimum atomic E-state index is 0.0775. The van der Waals surface area contributed by atoms with Gasteiger partial charge in [-0.15, -0.1) is 0 Å². The van der Waals surface area contributed by atoms with E-state index in [9.17, 15) is 4.79 Å². The maximum Gasteiger partial charge on any atom is 0.139 e. The number of aryl methyl sites for hydroxylation is 1. The lowest BCUT2D eigenvalue weighted by atomic mass is 9.48. The number of ether oxygens (including phenoxy) is 1. The number of fused-ring (bicyclic) bond motifs is 3. The molecule has 0 saturated heterocycles. The van der Waals surface area contributed by atoms with Crippen molar-refractivity contribution in [1.29, 1.82) is 0 Å². The molecule has 0 radical (unpaired) electrons. The fourth-order valence-corrected chi connectivity index (χ4v) is 5.13. The third-order valence-electron chi connectivity index (χ3n) is 6.77. The van der Waals surface area contributed by atoms with Crippen molar-refractivity contribution >= 4 is 5.78 Å². The third kappa shape index (κ3) is 1.74. The maximum absolute atomic E-state index is 12.1. The summed E-state index contributed by atoms with van der Waals surface area (Å²) in [6.45, 7) is 2.43. The number of methoxy groups -OCH3 is 1. The summed E-state index contributed by atoms with van der Waals surface area (Å²) in [4.78, 5) is 12.1. The summed E-state index contributed by atoms with van der Waals surface area (Å²) in [6.07, 6.45) is 7.74. The van der Waals surface area contributed by atoms with Crippen LogP contribution in [0.5, 0.6) is 5.75 Å². The van der Waals surface area contributed by atoms with Gasteiger partial charge in [0.15, 0.2) is 0 Å². The van der Waals surface area contributed by atoms with Crippen LogP contribution in [0.25, 0.3) is 0 Å². The van der Waals surface area contributed by atoms with Crippen LogP contribution < -0.4 is 4.74 Å². The van der Waals surface area contributed by atoms with Crippen molar-refractivity contribution in [3.8, 4) is 5.75 Å². The second-order valence-electron chi connectivity index (χ2n) is 7.58. The molecule has 2 saturated carbocycles. The predicted octanol–water partition coefficient (Wildman–Crippen LogP) is 4.05. The Hall–Kier alpha value is -1.31. The van der Waals surface area contributed by atoms with Gasteiger partial charge < -0.3 is 4.74 Å². The van der Waals surface area contributed by atoms with Gasteiger partial charge in [0.1, 0.15) is 11.5 Å². The van der Waals surface area contributed by atoms with Crippen LogP contribution in [-0.4, -0.2) is 12.9 Å². The molecule has 1 aromatic carbocycles. The summed E-state index contributed by atoms with van der Waals surface area (Å²) in [7, 11) is 1.74. The topological polar surface area (TPSA) is 26.3 Å². The van der Waals surface area contributed by atoms with Crippen LogP contribution in [0, 0.1) is 11.3 Å². The third-order valence-corrected chi connectivity index (χ3v) is 6.77. The Balaban J connectivity index is 1.69. The van der Waals surface area contributed by atoms with Crippen molar-refractivity contribution in [2.45, 2.75) is 57.3 Å². The predicted molar refractivity (Wildman–Crippen MR) is 82.7 cm³/mol. The summed E-state index contributed by atoms with van der Waals surface area (Å²) in [5.74, 6) is 2.19. The van der Waals surface area contributed by atoms with Crippen molar-refractivity contribution in [2.75, 3.05) is 7.11 Å². The molecule has 4 rings (SSSR count). The van der Waals surface area contributed by atoms with Gasteiger partial charge in [-0.3, -0.25) is 4.79 Å². The highest BCUT2D eigenvalue weighted by Gasteiger charge is 2.55. The molecular weight excluding hydrogens is 260 g/mol. The van der Waals surface area contributed by atoms with Gasteiger partial charge >= 0.3 is 0 Å². The van der Waals surface area contributed by atoms with Crippen LogP contribution in [-0.2, 0) is 16.6 Å². The fourth-order valence-electron chi connectivity index (χ4n) is 5.13. The van der Waals surface area contributed by atoms with Gasteiger partial charge in [0.05, 0.1) is 7.11 Å². The largest absolute Gasteiger partial charge is 0.497 e. The number of ketones is 1. The number of carbonyl (C=O) groups is 1. The number of rotatable bonds is 1. The number of carbonyl (C=O) groups excluding carboxylic acids is 1. The van der Waals surface area contributed by atoms with Crippen LogP contribution in [0.4, 0.5) is 0 Å². The summed E-state index contributed by atoms with van der Waals surface area (Å²) >= 11 is 0. The number of hydrogen-bond donors (Lipinski definition) is 0. The average molecular weight is 284 g/mol. The van der Waals surface area contributed by atoms with Gasteiger partial charge in [0, 0.05) is 11.8 Å². The zero-order valence-corrected chi connectivity index (χ0v) is 13.1. The summed E-state index contributed by atoms with van der Waals surface area (Å²) < 4.78 is 5.38. The molecule has 3 aliphatic carbocycles. The first-order chi connectivity index (χ1) is 10.1. The second kappa shape index (κ2) is 4.34. The molecule has 0 amide bonds. The van der Waals surface area contributed by atoms with E-state index >= 15 is 0 Å². The highest BCUT2D eigenvalue weighted by molar-refractivity contribution is 5.90. The van der Waals surface area contributed by atoms with Gasteiger partial charge in [-0.1, -0.05) is 13.0 Å². The van der Waals surface area contributed by atoms with Crippen LogP contribution in [0.15, 0.2) is 18.2 Å². The minimum absolute atomic E-state index is 0.0775. The van der Waals surface area contributed by atoms with E-state index in [0.717, 1.165) is 37.9 Å². The Labute approximate surface area is 126 Å². The van der Waals surface area contributed by atoms with Crippen molar-refractivity contribution < 1.29 is 9.53 Å². The summed E-state index contributed by atoms with van der Waals surface area (Å²) in [5, 5.41) is 0. The van der Waals surface area contributed by atoms with Crippen LogP contribution in [0.2, 0.25) is 0 Å². The molecule has 0 unspecified atom stereocenters. The highest BCUT2D eigenvalue weighted by atomic mass is 16.5. The van der Waals surface area contributed by atoms with Gasteiger partial charge in [-0.05, 0) is 73.1 Å². The zero-order chi connectivity index (χ0) is 14.7. The first-order valence-electron chi connectivity index (χ1n) is 8.28. The number of Topliss-reactive ketones (excluding diaryl/α,β-unsaturated/α-hetero) is 1. The van der Waals surface area contributed by atoms with Gasteiger partial charge in [-0.2, -0.15) is 0 Å². The van der Waals surface area contributed by atoms with E-state index in [0.29, 0.717) is 11.7 Å². The molecule has 3 atom stereocenters. The first kappa shape index (κ1) is 13.4. The van der Waals surface area contributed by atoms with Crippen molar-refractivity contribution in [2.24, 2.45) is 11.3 Å². The molecule has 2 heteroatoms. The van der Waals surface area contributed by atoms with E-state index in [1.165, 1.54) is 24.0 Å². The Morgan fingerprint density at radius 3 is 2.71 bits per heavy atom. The standard InChI is InChI=1S/C19H24O2/c1-18-9-10-19(8-7-17(19)20)12-14(18)4-3-13-11-15(21-2)5-6-16(13)18/h5-6,11,14H,3-4,7-10,12H2,1-2H3/t14-,18-,19-/m0/s1. The lowest BCUT2D eigenvalue weighted by molar-refractivity contribution is -0.144. The van der Waals surface area contributed by atoms with E-state index in [1.807, 2.05) is 0 Å². The monoisotopic (exact) mass is 284 g/mol. The molecule has 0 bridgehead atoms. The van der Waals surface area contributed by atoms with E-state index < -0.39 is 0 Å². The fraction of sp³-hybridized carbons (Fsp3) is 0.632. The lowest BCUT2D eigenvalue weighted by Gasteiger charge is -2.55. The Kier molecular flexibility index (Phi) is 2.76. The molecule has 0 heterocycles. The van der Waals surface area contributed by atoms with Gasteiger partial charge in [-0.25, -0.2) is 0 Å². The molecule has 3 aliphatic rings. The minimum Gasteiger partial charge on any atom is -0.497 e. The summed E-state index contributed by atoms with van der Waals surface area (Å²) in [6, 6.07) is 6.60. The zero-order valence-electron chi connectivity index (χ0n) is 13.1. The molecule has 1 spiro atoms. The highest BCUT2D eigenvalue weighted by Crippen LogP contribution is 2.59. The number of benzene rings is 1. The van der Waals surface area contributed by atoms with Crippen molar-refractivity contribution in [3.05, 3.63) is 29.3 Å². The second-order valence-corrected chi connectivity index (χ2v) is 7.58. The van der Waals surface area contributed by atoms with Crippen LogP contribution >= 0.6 is 0 Å². The quantitative estimate of drug-likeness (QED) is 0.777. The normalized spacial score (nSPS) is 37.6. The maximum atomic E-state index is 12.1. The van der Waals surface area contributed by atoms with Crippen molar-refractivity contribution in [1.82, 2.24) is 0 Å². The first-order valence-corrected chi connectivity index (χ1v) is 8.28. The Morgan fingerprint density at radius 2 is 2.05 bits per heavy atom. The Bertz CT molecular complexity index is 606. The molecular formula is C19H24O2. The van der Waals surface area contributed by atoms with E-state index in [2.05, 4.69) is 25.1 Å². The number of hydrogen-bond acceptors (Lipinski definition) is 2. The molecule has 0 N–H and O–H groups in total. The Morgan fingerprint density at radius 1 is 1.19 bits per heavy atom. The molecule has 0 aromatic heterocycles. The molecule has 21 heavy (non-hydrogen) atoms. The van der Waals surface area contributed by atoms with E-state index in [4.69, 9.17) is 4.74 Å². The average Bonchev–Trinajstić information content (AvgIpc) is 2.52. The SMILES string of the molecule is COc1ccc2c(c1)CC[C@H]1C[C@]3(CCC3=O)CC[C@]21C. The lowest BCUT2D eigenvalue weighted by Crippen LogP contribution is -2.52. The molecule has 112 valence electrons. The molecule has 1 aromatic rings. The molecule has 0 aliphatic heterocycles. The molecule has 2 nitrogen and oxygen atoms in total.